The molecule has 1 aromatic carbocycles. The molecular weight excluding hydrogens is 304 g/mol. The average Bonchev–Trinajstić information content (AvgIpc) is 2.67. The van der Waals surface area contributed by atoms with Gasteiger partial charge in [-0.25, -0.2) is 4.79 Å². The van der Waals surface area contributed by atoms with Gasteiger partial charge in [-0.2, -0.15) is 0 Å². The molecule has 0 aromatic heterocycles. The maximum Gasteiger partial charge on any atom is 0.320 e. The molecule has 130 valence electrons. The van der Waals surface area contributed by atoms with Crippen LogP contribution in [0.25, 0.3) is 0 Å². The van der Waals surface area contributed by atoms with Gasteiger partial charge in [0.25, 0.3) is 0 Å². The Morgan fingerprint density at radius 1 is 1.04 bits per heavy atom. The third-order valence-corrected chi connectivity index (χ3v) is 4.93. The van der Waals surface area contributed by atoms with Gasteiger partial charge in [0.2, 0.25) is 0 Å². The third kappa shape index (κ3) is 4.35. The molecule has 0 aliphatic carbocycles. The SMILES string of the molecule is O=C(CCc1ccccc1)[C@H]1CCCN(C(=O)N2CCOCC2)C1. The van der Waals surface area contributed by atoms with Gasteiger partial charge >= 0.3 is 6.03 Å². The fourth-order valence-electron chi connectivity index (χ4n) is 3.48. The Bertz CT molecular complexity index is 555. The molecular formula is C19H26N2O3. The van der Waals surface area contributed by atoms with E-state index in [1.54, 1.807) is 0 Å². The summed E-state index contributed by atoms with van der Waals surface area (Å²) in [5.74, 6) is 0.283. The van der Waals surface area contributed by atoms with Crippen molar-refractivity contribution in [1.82, 2.24) is 9.80 Å². The number of amides is 2. The molecule has 3 rings (SSSR count). The number of hydrogen-bond donors (Lipinski definition) is 0. The third-order valence-electron chi connectivity index (χ3n) is 4.93. The van der Waals surface area contributed by atoms with Gasteiger partial charge in [-0.15, -0.1) is 0 Å². The number of ketones is 1. The maximum absolute atomic E-state index is 12.6. The van der Waals surface area contributed by atoms with Crippen molar-refractivity contribution in [2.75, 3.05) is 39.4 Å². The van der Waals surface area contributed by atoms with Crippen molar-refractivity contribution >= 4 is 11.8 Å². The van der Waals surface area contributed by atoms with Crippen LogP contribution in [0.3, 0.4) is 0 Å². The Morgan fingerprint density at radius 2 is 1.79 bits per heavy atom. The average molecular weight is 330 g/mol. The largest absolute Gasteiger partial charge is 0.378 e. The van der Waals surface area contributed by atoms with Crippen molar-refractivity contribution in [2.45, 2.75) is 25.7 Å². The molecule has 0 N–H and O–H groups in total. The number of carbonyl (C=O) groups excluding carboxylic acids is 2. The summed E-state index contributed by atoms with van der Waals surface area (Å²) in [6, 6.07) is 10.2. The first kappa shape index (κ1) is 17.0. The summed E-state index contributed by atoms with van der Waals surface area (Å²) < 4.78 is 5.30. The second-order valence-corrected chi connectivity index (χ2v) is 6.62. The lowest BCUT2D eigenvalue weighted by atomic mass is 9.90. The molecule has 2 fully saturated rings. The van der Waals surface area contributed by atoms with Crippen LogP contribution in [0, 0.1) is 5.92 Å². The van der Waals surface area contributed by atoms with E-state index in [0.29, 0.717) is 45.1 Å². The molecule has 1 atom stereocenters. The Kier molecular flexibility index (Phi) is 5.86. The number of urea groups is 1. The zero-order valence-electron chi connectivity index (χ0n) is 14.2. The second kappa shape index (κ2) is 8.29. The first-order chi connectivity index (χ1) is 11.7. The van der Waals surface area contributed by atoms with Crippen molar-refractivity contribution < 1.29 is 14.3 Å². The molecule has 2 saturated heterocycles. The lowest BCUT2D eigenvalue weighted by Crippen LogP contribution is -2.51. The first-order valence-corrected chi connectivity index (χ1v) is 8.92. The second-order valence-electron chi connectivity index (χ2n) is 6.62. The molecule has 2 aliphatic rings. The summed E-state index contributed by atoms with van der Waals surface area (Å²) in [4.78, 5) is 28.8. The summed E-state index contributed by atoms with van der Waals surface area (Å²) in [6.45, 7) is 3.87. The highest BCUT2D eigenvalue weighted by molar-refractivity contribution is 5.83. The van der Waals surface area contributed by atoms with Crippen LogP contribution in [0.4, 0.5) is 4.79 Å². The highest BCUT2D eigenvalue weighted by atomic mass is 16.5. The minimum Gasteiger partial charge on any atom is -0.378 e. The fraction of sp³-hybridized carbons (Fsp3) is 0.579. The molecule has 2 amide bonds. The van der Waals surface area contributed by atoms with Crippen LogP contribution >= 0.6 is 0 Å². The molecule has 24 heavy (non-hydrogen) atoms. The summed E-state index contributed by atoms with van der Waals surface area (Å²) >= 11 is 0. The van der Waals surface area contributed by atoms with E-state index < -0.39 is 0 Å². The van der Waals surface area contributed by atoms with E-state index in [9.17, 15) is 9.59 Å². The lowest BCUT2D eigenvalue weighted by molar-refractivity contribution is -0.124. The fourth-order valence-corrected chi connectivity index (χ4v) is 3.48. The zero-order valence-corrected chi connectivity index (χ0v) is 14.2. The van der Waals surface area contributed by atoms with Gasteiger partial charge in [0, 0.05) is 38.5 Å². The standard InChI is InChI=1S/C19H26N2O3/c22-18(9-8-16-5-2-1-3-6-16)17-7-4-10-21(15-17)19(23)20-11-13-24-14-12-20/h1-3,5-6,17H,4,7-15H2/t17-/m0/s1. The van der Waals surface area contributed by atoms with Gasteiger partial charge in [0.15, 0.2) is 0 Å². The Hall–Kier alpha value is -1.88. The van der Waals surface area contributed by atoms with E-state index >= 15 is 0 Å². The van der Waals surface area contributed by atoms with Crippen molar-refractivity contribution in [2.24, 2.45) is 5.92 Å². The molecule has 0 bridgehead atoms. The number of ether oxygens (including phenoxy) is 1. The van der Waals surface area contributed by atoms with Crippen LogP contribution in [-0.4, -0.2) is 61.0 Å². The van der Waals surface area contributed by atoms with Gasteiger partial charge < -0.3 is 14.5 Å². The number of piperidine rings is 1. The maximum atomic E-state index is 12.6. The minimum atomic E-state index is -0.00699. The Labute approximate surface area is 143 Å². The van der Waals surface area contributed by atoms with Crippen molar-refractivity contribution in [3.05, 3.63) is 35.9 Å². The van der Waals surface area contributed by atoms with E-state index in [1.165, 1.54) is 5.56 Å². The van der Waals surface area contributed by atoms with E-state index in [0.717, 1.165) is 25.8 Å². The Balaban J connectivity index is 1.50. The number of carbonyl (C=O) groups is 2. The molecule has 5 heteroatoms. The summed E-state index contributed by atoms with van der Waals surface area (Å²) in [5, 5.41) is 0. The summed E-state index contributed by atoms with van der Waals surface area (Å²) in [6.07, 6.45) is 3.17. The van der Waals surface area contributed by atoms with Gasteiger partial charge in [0.05, 0.1) is 13.2 Å². The smallest absolute Gasteiger partial charge is 0.320 e. The quantitative estimate of drug-likeness (QED) is 0.851. The molecule has 0 spiro atoms. The van der Waals surface area contributed by atoms with Gasteiger partial charge in [-0.1, -0.05) is 30.3 Å². The summed E-state index contributed by atoms with van der Waals surface area (Å²) in [5.41, 5.74) is 1.20. The van der Waals surface area contributed by atoms with E-state index in [2.05, 4.69) is 12.1 Å². The number of aryl methyl sites for hydroxylation is 1. The number of Topliss-reactive ketones (excluding diaryl/α,β-unsaturated/α-hetero) is 1. The predicted octanol–water partition coefficient (Wildman–Crippen LogP) is 2.35. The molecule has 5 nitrogen and oxygen atoms in total. The number of hydrogen-bond acceptors (Lipinski definition) is 3. The molecule has 0 unspecified atom stereocenters. The number of nitrogens with zero attached hydrogens (tertiary/aromatic N) is 2. The topological polar surface area (TPSA) is 49.9 Å². The van der Waals surface area contributed by atoms with Crippen LogP contribution in [0.15, 0.2) is 30.3 Å². The van der Waals surface area contributed by atoms with Crippen molar-refractivity contribution in [1.29, 1.82) is 0 Å². The number of morpholine rings is 1. The molecule has 2 aliphatic heterocycles. The summed E-state index contributed by atoms with van der Waals surface area (Å²) in [7, 11) is 0. The zero-order chi connectivity index (χ0) is 16.8. The van der Waals surface area contributed by atoms with Crippen LogP contribution in [0.5, 0.6) is 0 Å². The van der Waals surface area contributed by atoms with Crippen molar-refractivity contribution in [3.8, 4) is 0 Å². The molecule has 0 saturated carbocycles. The van der Waals surface area contributed by atoms with E-state index in [4.69, 9.17) is 4.74 Å². The predicted molar refractivity (Wildman–Crippen MR) is 91.9 cm³/mol. The Morgan fingerprint density at radius 3 is 2.54 bits per heavy atom. The number of benzene rings is 1. The first-order valence-electron chi connectivity index (χ1n) is 8.92. The highest BCUT2D eigenvalue weighted by Crippen LogP contribution is 2.21. The van der Waals surface area contributed by atoms with Crippen LogP contribution in [0.2, 0.25) is 0 Å². The minimum absolute atomic E-state index is 0.00699. The molecule has 0 radical (unpaired) electrons. The van der Waals surface area contributed by atoms with E-state index in [-0.39, 0.29) is 11.9 Å². The van der Waals surface area contributed by atoms with E-state index in [1.807, 2.05) is 28.0 Å². The number of rotatable bonds is 4. The number of likely N-dealkylation sites (tertiary alicyclic amines) is 1. The van der Waals surface area contributed by atoms with Crippen LogP contribution in [-0.2, 0) is 16.0 Å². The van der Waals surface area contributed by atoms with Gasteiger partial charge in [0.1, 0.15) is 5.78 Å². The lowest BCUT2D eigenvalue weighted by Gasteiger charge is -2.37. The van der Waals surface area contributed by atoms with Crippen LogP contribution in [0.1, 0.15) is 24.8 Å². The molecule has 1 aromatic rings. The van der Waals surface area contributed by atoms with Crippen molar-refractivity contribution in [3.63, 3.8) is 0 Å². The molecule has 2 heterocycles. The van der Waals surface area contributed by atoms with Crippen LogP contribution < -0.4 is 0 Å². The monoisotopic (exact) mass is 330 g/mol. The highest BCUT2D eigenvalue weighted by Gasteiger charge is 2.30. The normalized spacial score (nSPS) is 21.6. The van der Waals surface area contributed by atoms with Gasteiger partial charge in [-0.05, 0) is 24.8 Å². The van der Waals surface area contributed by atoms with Gasteiger partial charge in [-0.3, -0.25) is 4.79 Å².